The third kappa shape index (κ3) is 4.02. The Morgan fingerprint density at radius 2 is 1.81 bits per heavy atom. The number of amides is 1. The second-order valence-electron chi connectivity index (χ2n) is 7.92. The summed E-state index contributed by atoms with van der Waals surface area (Å²) in [4.78, 5) is 28.5. The summed E-state index contributed by atoms with van der Waals surface area (Å²) in [6.45, 7) is 3.27. The Hall–Kier alpha value is -2.23. The molecule has 166 valence electrons. The Labute approximate surface area is 186 Å². The molecule has 0 radical (unpaired) electrons. The molecule has 0 saturated carbocycles. The van der Waals surface area contributed by atoms with Gasteiger partial charge in [-0.2, -0.15) is 4.31 Å². The van der Waals surface area contributed by atoms with Gasteiger partial charge in [0.1, 0.15) is 0 Å². The summed E-state index contributed by atoms with van der Waals surface area (Å²) in [6.07, 6.45) is 1.82. The number of nitrogens with zero attached hydrogens (tertiary/aromatic N) is 2. The van der Waals surface area contributed by atoms with E-state index in [2.05, 4.69) is 18.4 Å². The van der Waals surface area contributed by atoms with Crippen LogP contribution in [0, 0.1) is 5.92 Å². The van der Waals surface area contributed by atoms with Crippen LogP contribution >= 0.6 is 11.3 Å². The van der Waals surface area contributed by atoms with Gasteiger partial charge in [-0.25, -0.2) is 13.2 Å². The van der Waals surface area contributed by atoms with E-state index in [4.69, 9.17) is 4.74 Å². The number of sulfonamides is 1. The van der Waals surface area contributed by atoms with E-state index in [1.54, 1.807) is 23.5 Å². The Kier molecular flexibility index (Phi) is 6.18. The first-order valence-electron chi connectivity index (χ1n) is 10.4. The third-order valence-corrected chi connectivity index (χ3v) is 9.23. The molecule has 2 aliphatic rings. The molecular weight excluding hydrogens is 436 g/mol. The minimum Gasteiger partial charge on any atom is -0.465 e. The molecule has 1 aromatic carbocycles. The molecule has 0 spiro atoms. The molecule has 31 heavy (non-hydrogen) atoms. The number of rotatable bonds is 4. The predicted octanol–water partition coefficient (Wildman–Crippen LogP) is 3.08. The average Bonchev–Trinajstić information content (AvgIpc) is 3.28. The van der Waals surface area contributed by atoms with Gasteiger partial charge in [0, 0.05) is 30.4 Å². The summed E-state index contributed by atoms with van der Waals surface area (Å²) in [5.41, 5.74) is 1.25. The van der Waals surface area contributed by atoms with E-state index in [-0.39, 0.29) is 41.4 Å². The van der Waals surface area contributed by atoms with Crippen molar-refractivity contribution in [2.45, 2.75) is 37.1 Å². The molecule has 3 heterocycles. The second-order valence-corrected chi connectivity index (χ2v) is 10.8. The van der Waals surface area contributed by atoms with Gasteiger partial charge in [0.15, 0.2) is 0 Å². The summed E-state index contributed by atoms with van der Waals surface area (Å²) in [7, 11) is -2.63. The first-order chi connectivity index (χ1) is 14.8. The van der Waals surface area contributed by atoms with Crippen molar-refractivity contribution in [3.63, 3.8) is 0 Å². The summed E-state index contributed by atoms with van der Waals surface area (Å²) in [6, 6.07) is 8.22. The molecule has 0 bridgehead atoms. The molecule has 1 aromatic heterocycles. The van der Waals surface area contributed by atoms with E-state index in [1.807, 2.05) is 4.90 Å². The maximum Gasteiger partial charge on any atom is 0.339 e. The number of methoxy groups -OCH3 is 1. The fourth-order valence-corrected chi connectivity index (χ4v) is 7.11. The zero-order valence-electron chi connectivity index (χ0n) is 17.6. The van der Waals surface area contributed by atoms with Crippen LogP contribution in [0.25, 0.3) is 0 Å². The molecule has 9 heteroatoms. The number of benzene rings is 1. The standard InChI is InChI=1S/C22H26N2O5S2/c1-15-17-10-14-30-19(17)9-13-24(15)21(25)16-7-11-23(12-8-16)31(27,28)20-6-4-3-5-18(20)22(26)29-2/h3-6,10,14-16H,7-9,11-13H2,1-2H3/t15-/m0/s1. The number of hydrogen-bond acceptors (Lipinski definition) is 6. The molecule has 2 aromatic rings. The number of esters is 1. The first-order valence-corrected chi connectivity index (χ1v) is 12.7. The highest BCUT2D eigenvalue weighted by Gasteiger charge is 2.37. The molecule has 1 fully saturated rings. The number of piperidine rings is 1. The quantitative estimate of drug-likeness (QED) is 0.652. The molecule has 7 nitrogen and oxygen atoms in total. The SMILES string of the molecule is COC(=O)c1ccccc1S(=O)(=O)N1CCC(C(=O)N2CCc3sccc3[C@@H]2C)CC1. The van der Waals surface area contributed by atoms with Gasteiger partial charge in [0.05, 0.1) is 23.6 Å². The van der Waals surface area contributed by atoms with Crippen LogP contribution in [0.3, 0.4) is 0 Å². The van der Waals surface area contributed by atoms with Crippen LogP contribution in [0.1, 0.15) is 46.6 Å². The predicted molar refractivity (Wildman–Crippen MR) is 117 cm³/mol. The van der Waals surface area contributed by atoms with Gasteiger partial charge >= 0.3 is 5.97 Å². The lowest BCUT2D eigenvalue weighted by Gasteiger charge is -2.38. The van der Waals surface area contributed by atoms with Crippen LogP contribution in [0.5, 0.6) is 0 Å². The van der Waals surface area contributed by atoms with Crippen molar-refractivity contribution in [3.05, 3.63) is 51.7 Å². The number of hydrogen-bond donors (Lipinski definition) is 0. The van der Waals surface area contributed by atoms with Crippen molar-refractivity contribution in [1.29, 1.82) is 0 Å². The van der Waals surface area contributed by atoms with E-state index < -0.39 is 16.0 Å². The maximum absolute atomic E-state index is 13.2. The number of carbonyl (C=O) groups is 2. The van der Waals surface area contributed by atoms with Gasteiger partial charge < -0.3 is 9.64 Å². The molecule has 1 atom stereocenters. The highest BCUT2D eigenvalue weighted by Crippen LogP contribution is 2.35. The van der Waals surface area contributed by atoms with Crippen molar-refractivity contribution in [3.8, 4) is 0 Å². The Bertz CT molecular complexity index is 1090. The van der Waals surface area contributed by atoms with Gasteiger partial charge in [-0.1, -0.05) is 12.1 Å². The minimum atomic E-state index is -3.86. The van der Waals surface area contributed by atoms with Gasteiger partial charge in [0.25, 0.3) is 0 Å². The fraction of sp³-hybridized carbons (Fsp3) is 0.455. The van der Waals surface area contributed by atoms with E-state index in [0.29, 0.717) is 19.4 Å². The molecule has 2 aliphatic heterocycles. The summed E-state index contributed by atoms with van der Waals surface area (Å²) in [5.74, 6) is -0.766. The van der Waals surface area contributed by atoms with Crippen molar-refractivity contribution >= 4 is 33.2 Å². The van der Waals surface area contributed by atoms with Crippen LogP contribution in [0.4, 0.5) is 0 Å². The zero-order valence-corrected chi connectivity index (χ0v) is 19.2. The van der Waals surface area contributed by atoms with Gasteiger partial charge in [-0.3, -0.25) is 4.79 Å². The minimum absolute atomic E-state index is 0.0249. The highest BCUT2D eigenvalue weighted by atomic mass is 32.2. The monoisotopic (exact) mass is 462 g/mol. The highest BCUT2D eigenvalue weighted by molar-refractivity contribution is 7.89. The van der Waals surface area contributed by atoms with Crippen LogP contribution < -0.4 is 0 Å². The van der Waals surface area contributed by atoms with Crippen molar-refractivity contribution in [2.75, 3.05) is 26.7 Å². The molecule has 0 unspecified atom stereocenters. The molecule has 4 rings (SSSR count). The van der Waals surface area contributed by atoms with Gasteiger partial charge in [0.2, 0.25) is 15.9 Å². The normalized spacial score (nSPS) is 20.3. The van der Waals surface area contributed by atoms with Crippen molar-refractivity contribution < 1.29 is 22.7 Å². The Morgan fingerprint density at radius 1 is 1.10 bits per heavy atom. The molecule has 1 saturated heterocycles. The summed E-state index contributed by atoms with van der Waals surface area (Å²) >= 11 is 1.74. The lowest BCUT2D eigenvalue weighted by atomic mass is 9.93. The number of thiophene rings is 1. The Balaban J connectivity index is 1.46. The number of fused-ring (bicyclic) bond motifs is 1. The van der Waals surface area contributed by atoms with Crippen LogP contribution in [-0.2, 0) is 26.0 Å². The van der Waals surface area contributed by atoms with Gasteiger partial charge in [-0.15, -0.1) is 11.3 Å². The Morgan fingerprint density at radius 3 is 2.52 bits per heavy atom. The fourth-order valence-electron chi connectivity index (χ4n) is 4.50. The third-order valence-electron chi connectivity index (χ3n) is 6.27. The first kappa shape index (κ1) is 22.0. The average molecular weight is 463 g/mol. The summed E-state index contributed by atoms with van der Waals surface area (Å²) in [5, 5.41) is 2.07. The maximum atomic E-state index is 13.2. The number of carbonyl (C=O) groups excluding carboxylic acids is 2. The van der Waals surface area contributed by atoms with Gasteiger partial charge in [-0.05, 0) is 55.3 Å². The van der Waals surface area contributed by atoms with Crippen LogP contribution in [0.2, 0.25) is 0 Å². The van der Waals surface area contributed by atoms with Crippen LogP contribution in [-0.4, -0.2) is 56.2 Å². The van der Waals surface area contributed by atoms with Crippen molar-refractivity contribution in [1.82, 2.24) is 9.21 Å². The van der Waals surface area contributed by atoms with Crippen molar-refractivity contribution in [2.24, 2.45) is 5.92 Å². The largest absolute Gasteiger partial charge is 0.465 e. The molecule has 1 amide bonds. The van der Waals surface area contributed by atoms with E-state index >= 15 is 0 Å². The number of ether oxygens (including phenoxy) is 1. The lowest BCUT2D eigenvalue weighted by Crippen LogP contribution is -2.46. The summed E-state index contributed by atoms with van der Waals surface area (Å²) < 4.78 is 32.5. The van der Waals surface area contributed by atoms with Crippen LogP contribution in [0.15, 0.2) is 40.6 Å². The second kappa shape index (κ2) is 8.72. The smallest absolute Gasteiger partial charge is 0.339 e. The topological polar surface area (TPSA) is 84.0 Å². The van der Waals surface area contributed by atoms with E-state index in [0.717, 1.165) is 6.42 Å². The lowest BCUT2D eigenvalue weighted by molar-refractivity contribution is -0.139. The van der Waals surface area contributed by atoms with E-state index in [1.165, 1.54) is 34.0 Å². The zero-order chi connectivity index (χ0) is 22.2. The van der Waals surface area contributed by atoms with E-state index in [9.17, 15) is 18.0 Å². The molecule has 0 aliphatic carbocycles. The molecular formula is C22H26N2O5S2. The molecule has 0 N–H and O–H groups in total.